The Morgan fingerprint density at radius 3 is 2.78 bits per heavy atom. The van der Waals surface area contributed by atoms with Gasteiger partial charge in [-0.05, 0) is 13.0 Å². The smallest absolute Gasteiger partial charge is 0.258 e. The van der Waals surface area contributed by atoms with Crippen LogP contribution in [0, 0.1) is 6.92 Å². The van der Waals surface area contributed by atoms with E-state index in [4.69, 9.17) is 11.6 Å². The molecule has 0 aliphatic heterocycles. The maximum Gasteiger partial charge on any atom is 0.258 e. The Bertz CT molecular complexity index is 655. The van der Waals surface area contributed by atoms with Crippen LogP contribution >= 0.6 is 11.6 Å². The number of hydrogen-bond donors (Lipinski definition) is 1. The molecule has 0 fully saturated rings. The summed E-state index contributed by atoms with van der Waals surface area (Å²) in [5, 5.41) is 9.49. The highest BCUT2D eigenvalue weighted by molar-refractivity contribution is 6.29. The molecule has 0 atom stereocenters. The molecule has 0 aliphatic carbocycles. The Kier molecular flexibility index (Phi) is 3.34. The largest absolute Gasteiger partial charge is 0.508 e. The highest BCUT2D eigenvalue weighted by atomic mass is 35.5. The van der Waals surface area contributed by atoms with Crippen LogP contribution < -0.4 is 5.56 Å². The SMILES string of the molecule is Cc1cc(O)cc(=O)n1-c1cc(Cl)ncc1CF. The fraction of sp³-hybridized carbons (Fsp3) is 0.167. The number of aryl methyl sites for hydroxylation is 1. The normalized spacial score (nSPS) is 10.6. The zero-order valence-corrected chi connectivity index (χ0v) is 10.3. The number of halogens is 2. The first-order chi connectivity index (χ1) is 8.52. The van der Waals surface area contributed by atoms with E-state index in [0.717, 1.165) is 6.07 Å². The fourth-order valence-electron chi connectivity index (χ4n) is 1.75. The quantitative estimate of drug-likeness (QED) is 0.851. The summed E-state index contributed by atoms with van der Waals surface area (Å²) in [5.41, 5.74) is 0.622. The van der Waals surface area contributed by atoms with Crippen LogP contribution in [0.1, 0.15) is 11.3 Å². The molecule has 0 amide bonds. The molecular weight excluding hydrogens is 259 g/mol. The predicted octanol–water partition coefficient (Wildman–Crippen LogP) is 2.37. The number of hydrogen-bond acceptors (Lipinski definition) is 3. The van der Waals surface area contributed by atoms with Crippen molar-refractivity contribution in [2.45, 2.75) is 13.6 Å². The molecule has 0 radical (unpaired) electrons. The molecule has 1 N–H and O–H groups in total. The fourth-order valence-corrected chi connectivity index (χ4v) is 1.91. The van der Waals surface area contributed by atoms with Crippen molar-refractivity contribution in [1.29, 1.82) is 0 Å². The number of aromatic hydroxyl groups is 1. The van der Waals surface area contributed by atoms with E-state index in [1.807, 2.05) is 0 Å². The monoisotopic (exact) mass is 268 g/mol. The van der Waals surface area contributed by atoms with Gasteiger partial charge in [-0.25, -0.2) is 9.37 Å². The lowest BCUT2D eigenvalue weighted by atomic mass is 10.2. The van der Waals surface area contributed by atoms with Gasteiger partial charge in [0, 0.05) is 29.6 Å². The molecule has 0 saturated carbocycles. The summed E-state index contributed by atoms with van der Waals surface area (Å²) in [7, 11) is 0. The average Bonchev–Trinajstić information content (AvgIpc) is 2.28. The summed E-state index contributed by atoms with van der Waals surface area (Å²) in [6.07, 6.45) is 1.29. The van der Waals surface area contributed by atoms with Crippen LogP contribution in [0.15, 0.2) is 29.2 Å². The second-order valence-corrected chi connectivity index (χ2v) is 4.19. The van der Waals surface area contributed by atoms with Crippen LogP contribution in [0.3, 0.4) is 0 Å². The van der Waals surface area contributed by atoms with Gasteiger partial charge in [-0.15, -0.1) is 0 Å². The van der Waals surface area contributed by atoms with Crippen molar-refractivity contribution >= 4 is 11.6 Å². The van der Waals surface area contributed by atoms with Gasteiger partial charge in [-0.1, -0.05) is 11.6 Å². The third-order valence-corrected chi connectivity index (χ3v) is 2.72. The second kappa shape index (κ2) is 4.78. The number of rotatable bonds is 2. The first kappa shape index (κ1) is 12.6. The molecule has 2 aromatic heterocycles. The van der Waals surface area contributed by atoms with Crippen LogP contribution in [0.25, 0.3) is 5.69 Å². The lowest BCUT2D eigenvalue weighted by Gasteiger charge is -2.13. The zero-order chi connectivity index (χ0) is 13.3. The molecule has 0 aliphatic rings. The highest BCUT2D eigenvalue weighted by Gasteiger charge is 2.11. The van der Waals surface area contributed by atoms with E-state index >= 15 is 0 Å². The molecule has 0 bridgehead atoms. The van der Waals surface area contributed by atoms with Crippen LogP contribution in [-0.2, 0) is 6.67 Å². The number of aromatic nitrogens is 2. The number of pyridine rings is 2. The van der Waals surface area contributed by atoms with Crippen molar-refractivity contribution in [2.24, 2.45) is 0 Å². The van der Waals surface area contributed by atoms with Gasteiger partial charge in [-0.3, -0.25) is 9.36 Å². The van der Waals surface area contributed by atoms with Crippen molar-refractivity contribution in [1.82, 2.24) is 9.55 Å². The van der Waals surface area contributed by atoms with Gasteiger partial charge in [-0.2, -0.15) is 0 Å². The zero-order valence-electron chi connectivity index (χ0n) is 9.52. The van der Waals surface area contributed by atoms with Crippen molar-refractivity contribution < 1.29 is 9.50 Å². The third-order valence-electron chi connectivity index (χ3n) is 2.51. The van der Waals surface area contributed by atoms with E-state index < -0.39 is 12.2 Å². The van der Waals surface area contributed by atoms with E-state index in [1.54, 1.807) is 6.92 Å². The summed E-state index contributed by atoms with van der Waals surface area (Å²) in [6, 6.07) is 3.89. The van der Waals surface area contributed by atoms with Crippen molar-refractivity contribution in [3.05, 3.63) is 51.2 Å². The summed E-state index contributed by atoms with van der Waals surface area (Å²) in [5.74, 6) is -0.129. The van der Waals surface area contributed by atoms with Gasteiger partial charge < -0.3 is 5.11 Å². The summed E-state index contributed by atoms with van der Waals surface area (Å²) in [6.45, 7) is 0.879. The average molecular weight is 269 g/mol. The van der Waals surface area contributed by atoms with Crippen molar-refractivity contribution in [2.75, 3.05) is 0 Å². The van der Waals surface area contributed by atoms with Crippen LogP contribution in [0.2, 0.25) is 5.15 Å². The topological polar surface area (TPSA) is 55.1 Å². The Labute approximate surface area is 107 Å². The number of alkyl halides is 1. The van der Waals surface area contributed by atoms with Crippen LogP contribution in [0.4, 0.5) is 4.39 Å². The maximum absolute atomic E-state index is 12.9. The van der Waals surface area contributed by atoms with E-state index in [-0.39, 0.29) is 16.5 Å². The van der Waals surface area contributed by atoms with Gasteiger partial charge in [0.1, 0.15) is 17.6 Å². The van der Waals surface area contributed by atoms with Crippen LogP contribution in [-0.4, -0.2) is 14.7 Å². The molecular formula is C12H10ClFN2O2. The Hall–Kier alpha value is -1.88. The van der Waals surface area contributed by atoms with Crippen LogP contribution in [0.5, 0.6) is 5.75 Å². The molecule has 94 valence electrons. The van der Waals surface area contributed by atoms with Crippen molar-refractivity contribution in [3.63, 3.8) is 0 Å². The number of nitrogens with zero attached hydrogens (tertiary/aromatic N) is 2. The molecule has 0 aromatic carbocycles. The van der Waals surface area contributed by atoms with Gasteiger partial charge >= 0.3 is 0 Å². The third kappa shape index (κ3) is 2.22. The first-order valence-electron chi connectivity index (χ1n) is 5.16. The second-order valence-electron chi connectivity index (χ2n) is 3.80. The predicted molar refractivity (Wildman–Crippen MR) is 66.1 cm³/mol. The highest BCUT2D eigenvalue weighted by Crippen LogP contribution is 2.20. The van der Waals surface area contributed by atoms with E-state index in [1.165, 1.54) is 22.9 Å². The molecule has 0 spiro atoms. The van der Waals surface area contributed by atoms with Crippen molar-refractivity contribution in [3.8, 4) is 11.4 Å². The Morgan fingerprint density at radius 2 is 2.17 bits per heavy atom. The lowest BCUT2D eigenvalue weighted by Crippen LogP contribution is -2.20. The van der Waals surface area contributed by atoms with Gasteiger partial charge in [0.05, 0.1) is 5.69 Å². The minimum atomic E-state index is -0.758. The lowest BCUT2D eigenvalue weighted by molar-refractivity contribution is 0.471. The Morgan fingerprint density at radius 1 is 1.44 bits per heavy atom. The summed E-state index contributed by atoms with van der Waals surface area (Å²) < 4.78 is 14.2. The van der Waals surface area contributed by atoms with Gasteiger partial charge in [0.15, 0.2) is 0 Å². The molecule has 18 heavy (non-hydrogen) atoms. The minimum absolute atomic E-state index is 0.129. The molecule has 0 saturated heterocycles. The van der Waals surface area contributed by atoms with Gasteiger partial charge in [0.25, 0.3) is 5.56 Å². The van der Waals surface area contributed by atoms with E-state index in [2.05, 4.69) is 4.98 Å². The maximum atomic E-state index is 12.9. The van der Waals surface area contributed by atoms with E-state index in [0.29, 0.717) is 11.4 Å². The Balaban J connectivity index is 2.76. The standard InChI is InChI=1S/C12H10ClFN2O2/c1-7-2-9(17)3-12(18)16(7)10-4-11(13)15-6-8(10)5-14/h2-4,6,17H,5H2,1H3. The van der Waals surface area contributed by atoms with E-state index in [9.17, 15) is 14.3 Å². The molecule has 0 unspecified atom stereocenters. The molecule has 4 nitrogen and oxygen atoms in total. The minimum Gasteiger partial charge on any atom is -0.508 e. The molecule has 2 aromatic rings. The summed E-state index contributed by atoms with van der Waals surface area (Å²) >= 11 is 5.76. The first-order valence-corrected chi connectivity index (χ1v) is 5.54. The molecule has 6 heteroatoms. The molecule has 2 rings (SSSR count). The van der Waals surface area contributed by atoms with Gasteiger partial charge in [0.2, 0.25) is 0 Å². The summed E-state index contributed by atoms with van der Waals surface area (Å²) in [4.78, 5) is 15.6. The molecule has 2 heterocycles.